The summed E-state index contributed by atoms with van der Waals surface area (Å²) in [4.78, 5) is 27.4. The highest BCUT2D eigenvalue weighted by Crippen LogP contribution is 2.35. The van der Waals surface area contributed by atoms with Crippen LogP contribution in [0.4, 0.5) is 0 Å². The molecule has 0 saturated heterocycles. The Kier molecular flexibility index (Phi) is 7.39. The molecular formula is C32H30ClN5O. The fourth-order valence-corrected chi connectivity index (χ4v) is 5.77. The van der Waals surface area contributed by atoms with Crippen molar-refractivity contribution in [3.05, 3.63) is 130 Å². The monoisotopic (exact) mass is 535 g/mol. The average molecular weight is 536 g/mol. The average Bonchev–Trinajstić information content (AvgIpc) is 3.38. The third kappa shape index (κ3) is 5.72. The van der Waals surface area contributed by atoms with Crippen LogP contribution in [0.1, 0.15) is 57.2 Å². The number of fused-ring (bicyclic) bond motifs is 2. The first-order chi connectivity index (χ1) is 19.1. The van der Waals surface area contributed by atoms with Gasteiger partial charge in [0.25, 0.3) is 5.91 Å². The summed E-state index contributed by atoms with van der Waals surface area (Å²) in [5.74, 6) is -0.171. The molecule has 0 spiro atoms. The molecule has 1 aliphatic carbocycles. The Labute approximate surface area is 233 Å². The van der Waals surface area contributed by atoms with Gasteiger partial charge >= 0.3 is 0 Å². The summed E-state index contributed by atoms with van der Waals surface area (Å²) in [6.45, 7) is 2.03. The summed E-state index contributed by atoms with van der Waals surface area (Å²) >= 11 is 5.95. The molecule has 1 atom stereocenters. The van der Waals surface area contributed by atoms with Crippen molar-refractivity contribution in [2.24, 2.45) is 0 Å². The van der Waals surface area contributed by atoms with Crippen molar-refractivity contribution in [2.75, 3.05) is 0 Å². The molecule has 6 rings (SSSR count). The molecule has 0 radical (unpaired) electrons. The highest BCUT2D eigenvalue weighted by Gasteiger charge is 2.28. The fourth-order valence-electron chi connectivity index (χ4n) is 5.60. The van der Waals surface area contributed by atoms with Crippen molar-refractivity contribution in [3.63, 3.8) is 0 Å². The van der Waals surface area contributed by atoms with E-state index in [1.165, 1.54) is 27.8 Å². The number of aryl methyl sites for hydroxylation is 1. The minimum Gasteiger partial charge on any atom is -0.361 e. The van der Waals surface area contributed by atoms with Crippen LogP contribution >= 0.6 is 11.6 Å². The zero-order chi connectivity index (χ0) is 26.6. The second-order valence-corrected chi connectivity index (χ2v) is 10.5. The van der Waals surface area contributed by atoms with Crippen LogP contribution in [0.25, 0.3) is 10.9 Å². The molecule has 1 amide bonds. The number of hydrogen-bond acceptors (Lipinski definition) is 4. The highest BCUT2D eigenvalue weighted by atomic mass is 35.5. The van der Waals surface area contributed by atoms with Crippen LogP contribution in [-0.4, -0.2) is 25.8 Å². The van der Waals surface area contributed by atoms with Gasteiger partial charge in [-0.05, 0) is 65.8 Å². The maximum Gasteiger partial charge on any atom is 0.251 e. The van der Waals surface area contributed by atoms with Gasteiger partial charge in [-0.2, -0.15) is 0 Å². The molecule has 39 heavy (non-hydrogen) atoms. The Bertz CT molecular complexity index is 1610. The summed E-state index contributed by atoms with van der Waals surface area (Å²) in [5.41, 5.74) is 7.75. The number of rotatable bonds is 8. The normalized spacial score (nSPS) is 14.9. The molecule has 2 aromatic carbocycles. The Morgan fingerprint density at radius 3 is 2.79 bits per heavy atom. The van der Waals surface area contributed by atoms with Gasteiger partial charge in [-0.1, -0.05) is 60.1 Å². The second kappa shape index (κ2) is 11.4. The molecule has 6 nitrogen and oxygen atoms in total. The number of halogens is 1. The standard InChI is InChI=1S/C32H30ClN5O/c33-30-17-25(13-15-34-30)32(39)37-18-22-6-3-7-23(16-22)20-38(21-26-19-36-28-11-2-1-10-27(26)28)29-12-4-8-24-9-5-14-35-31(24)29/h1-3,5-7,9-11,13-17,19,29,36H,4,8,12,18,20-21H2,(H,37,39). The lowest BCUT2D eigenvalue weighted by Gasteiger charge is -2.35. The third-order valence-electron chi connectivity index (χ3n) is 7.47. The van der Waals surface area contributed by atoms with Gasteiger partial charge in [0.15, 0.2) is 0 Å². The number of aromatic nitrogens is 3. The molecule has 5 aromatic rings. The summed E-state index contributed by atoms with van der Waals surface area (Å²) in [7, 11) is 0. The molecule has 196 valence electrons. The zero-order valence-corrected chi connectivity index (χ0v) is 22.4. The van der Waals surface area contributed by atoms with Crippen LogP contribution in [0.3, 0.4) is 0 Å². The van der Waals surface area contributed by atoms with Crippen LogP contribution in [0, 0.1) is 0 Å². The molecule has 1 aliphatic rings. The van der Waals surface area contributed by atoms with E-state index < -0.39 is 0 Å². The molecule has 1 unspecified atom stereocenters. The fraction of sp³-hybridized carbons (Fsp3) is 0.219. The van der Waals surface area contributed by atoms with Gasteiger partial charge < -0.3 is 10.3 Å². The minimum atomic E-state index is -0.171. The van der Waals surface area contributed by atoms with E-state index >= 15 is 0 Å². The molecule has 3 aromatic heterocycles. The number of hydrogen-bond donors (Lipinski definition) is 2. The second-order valence-electron chi connectivity index (χ2n) is 10.1. The van der Waals surface area contributed by atoms with E-state index in [9.17, 15) is 4.79 Å². The summed E-state index contributed by atoms with van der Waals surface area (Å²) < 4.78 is 0. The Morgan fingerprint density at radius 1 is 0.974 bits per heavy atom. The SMILES string of the molecule is O=C(NCc1cccc(CN(Cc2c[nH]c3ccccc23)C2CCCc3cccnc32)c1)c1ccnc(Cl)c1. The van der Waals surface area contributed by atoms with Gasteiger partial charge in [-0.25, -0.2) is 4.98 Å². The highest BCUT2D eigenvalue weighted by molar-refractivity contribution is 6.29. The Balaban J connectivity index is 1.25. The first-order valence-electron chi connectivity index (χ1n) is 13.3. The largest absolute Gasteiger partial charge is 0.361 e. The summed E-state index contributed by atoms with van der Waals surface area (Å²) in [6, 6.07) is 24.7. The van der Waals surface area contributed by atoms with Crippen LogP contribution in [0.2, 0.25) is 5.15 Å². The number of pyridine rings is 2. The zero-order valence-electron chi connectivity index (χ0n) is 21.6. The molecule has 2 N–H and O–H groups in total. The minimum absolute atomic E-state index is 0.171. The van der Waals surface area contributed by atoms with Gasteiger partial charge in [-0.3, -0.25) is 14.7 Å². The number of benzene rings is 2. The van der Waals surface area contributed by atoms with Crippen LogP contribution in [0.5, 0.6) is 0 Å². The van der Waals surface area contributed by atoms with E-state index in [2.05, 4.69) is 74.9 Å². The van der Waals surface area contributed by atoms with Crippen molar-refractivity contribution in [2.45, 2.75) is 44.9 Å². The van der Waals surface area contributed by atoms with Crippen LogP contribution in [-0.2, 0) is 26.1 Å². The van der Waals surface area contributed by atoms with Crippen molar-refractivity contribution in [3.8, 4) is 0 Å². The first-order valence-corrected chi connectivity index (χ1v) is 13.7. The topological polar surface area (TPSA) is 73.9 Å². The molecule has 0 fully saturated rings. The van der Waals surface area contributed by atoms with Crippen molar-refractivity contribution in [1.29, 1.82) is 0 Å². The predicted molar refractivity (Wildman–Crippen MR) is 154 cm³/mol. The molecule has 0 bridgehead atoms. The number of nitrogens with zero attached hydrogens (tertiary/aromatic N) is 3. The molecular weight excluding hydrogens is 506 g/mol. The van der Waals surface area contributed by atoms with Crippen LogP contribution in [0.15, 0.2) is 91.4 Å². The number of H-pyrrole nitrogens is 1. The number of carbonyl (C=O) groups excluding carboxylic acids is 1. The molecule has 0 saturated carbocycles. The van der Waals surface area contributed by atoms with Crippen molar-refractivity contribution >= 4 is 28.4 Å². The van der Waals surface area contributed by atoms with Gasteiger partial charge in [-0.15, -0.1) is 0 Å². The Hall–Kier alpha value is -4.00. The number of aromatic amines is 1. The number of para-hydroxylation sites is 1. The Morgan fingerprint density at radius 2 is 1.87 bits per heavy atom. The molecule has 0 aliphatic heterocycles. The van der Waals surface area contributed by atoms with Gasteiger partial charge in [0.05, 0.1) is 11.7 Å². The van der Waals surface area contributed by atoms with E-state index in [1.807, 2.05) is 18.3 Å². The molecule has 7 heteroatoms. The van der Waals surface area contributed by atoms with E-state index in [-0.39, 0.29) is 11.9 Å². The molecule has 3 heterocycles. The van der Waals surface area contributed by atoms with Gasteiger partial charge in [0.2, 0.25) is 0 Å². The smallest absolute Gasteiger partial charge is 0.251 e. The first kappa shape index (κ1) is 25.3. The third-order valence-corrected chi connectivity index (χ3v) is 7.68. The number of carbonyl (C=O) groups is 1. The van der Waals surface area contributed by atoms with Gasteiger partial charge in [0.1, 0.15) is 5.15 Å². The quantitative estimate of drug-likeness (QED) is 0.219. The predicted octanol–water partition coefficient (Wildman–Crippen LogP) is 6.62. The maximum absolute atomic E-state index is 12.6. The van der Waals surface area contributed by atoms with Gasteiger partial charge in [0, 0.05) is 54.7 Å². The lowest BCUT2D eigenvalue weighted by Crippen LogP contribution is -2.31. The lowest BCUT2D eigenvalue weighted by atomic mass is 9.90. The number of amides is 1. The van der Waals surface area contributed by atoms with Crippen LogP contribution < -0.4 is 5.32 Å². The summed E-state index contributed by atoms with van der Waals surface area (Å²) in [5, 5.41) is 4.56. The van der Waals surface area contributed by atoms with E-state index in [4.69, 9.17) is 16.6 Å². The van der Waals surface area contributed by atoms with E-state index in [1.54, 1.807) is 18.3 Å². The van der Waals surface area contributed by atoms with E-state index in [0.717, 1.165) is 43.4 Å². The van der Waals surface area contributed by atoms with E-state index in [0.29, 0.717) is 17.3 Å². The summed E-state index contributed by atoms with van der Waals surface area (Å²) in [6.07, 6.45) is 8.91. The van der Waals surface area contributed by atoms with Crippen molar-refractivity contribution in [1.82, 2.24) is 25.2 Å². The maximum atomic E-state index is 12.6. The lowest BCUT2D eigenvalue weighted by molar-refractivity contribution is 0.0950. The van der Waals surface area contributed by atoms with Crippen molar-refractivity contribution < 1.29 is 4.79 Å². The number of nitrogens with one attached hydrogen (secondary N) is 2.